The third-order valence-corrected chi connectivity index (χ3v) is 3.58. The normalized spacial score (nSPS) is 21.4. The molecule has 2 atom stereocenters. The largest absolute Gasteiger partial charge is 0.416 e. The van der Waals surface area contributed by atoms with E-state index in [1.54, 1.807) is 0 Å². The number of amides is 3. The third kappa shape index (κ3) is 3.30. The van der Waals surface area contributed by atoms with Crippen molar-refractivity contribution >= 4 is 11.9 Å². The highest BCUT2D eigenvalue weighted by atomic mass is 19.4. The zero-order chi connectivity index (χ0) is 17.4. The van der Waals surface area contributed by atoms with Crippen molar-refractivity contribution < 1.29 is 22.8 Å². The average molecular weight is 327 g/mol. The van der Waals surface area contributed by atoms with Gasteiger partial charge in [-0.15, -0.1) is 0 Å². The lowest BCUT2D eigenvalue weighted by molar-refractivity contribution is -0.139. The van der Waals surface area contributed by atoms with Crippen LogP contribution in [0.1, 0.15) is 17.2 Å². The molecule has 1 aliphatic rings. The van der Waals surface area contributed by atoms with E-state index in [-0.39, 0.29) is 11.3 Å². The van der Waals surface area contributed by atoms with E-state index in [0.717, 1.165) is 6.07 Å². The maximum Gasteiger partial charge on any atom is 0.416 e. The number of carbonyl (C=O) groups excluding carboxylic acids is 2. The number of hydrogen-bond donors (Lipinski definition) is 2. The quantitative estimate of drug-likeness (QED) is 0.875. The summed E-state index contributed by atoms with van der Waals surface area (Å²) in [5.41, 5.74) is -0.998. The molecule has 23 heavy (non-hydrogen) atoms. The Bertz CT molecular complexity index is 656. The molecule has 0 saturated carbocycles. The van der Waals surface area contributed by atoms with Crippen LogP contribution >= 0.6 is 0 Å². The summed E-state index contributed by atoms with van der Waals surface area (Å²) in [6, 6.07) is 3.01. The van der Waals surface area contributed by atoms with Gasteiger partial charge in [-0.2, -0.15) is 13.2 Å². The number of benzene rings is 1. The molecule has 8 heteroatoms. The molecule has 1 aliphatic heterocycles. The van der Waals surface area contributed by atoms with Gasteiger partial charge in [0.1, 0.15) is 5.92 Å². The Balaban J connectivity index is 2.56. The van der Waals surface area contributed by atoms with Gasteiger partial charge < -0.3 is 15.5 Å². The number of nitrogens with one attached hydrogen (secondary N) is 2. The van der Waals surface area contributed by atoms with Crippen LogP contribution < -0.4 is 10.6 Å². The summed E-state index contributed by atoms with van der Waals surface area (Å²) in [6.07, 6.45) is -4.60. The molecule has 1 fully saturated rings. The first-order valence-corrected chi connectivity index (χ1v) is 6.76. The molecular weight excluding hydrogens is 311 g/mol. The number of halogens is 3. The van der Waals surface area contributed by atoms with Gasteiger partial charge in [-0.1, -0.05) is 24.8 Å². The maximum absolute atomic E-state index is 13.2. The summed E-state index contributed by atoms with van der Waals surface area (Å²) in [4.78, 5) is 25.3. The summed E-state index contributed by atoms with van der Waals surface area (Å²) in [5, 5.41) is 4.75. The van der Waals surface area contributed by atoms with Crippen LogP contribution in [0.15, 0.2) is 36.5 Å². The first-order valence-electron chi connectivity index (χ1n) is 6.76. The molecule has 1 aromatic carbocycles. The lowest BCUT2D eigenvalue weighted by Gasteiger charge is -2.36. The van der Waals surface area contributed by atoms with Gasteiger partial charge >= 0.3 is 12.2 Å². The smallest absolute Gasteiger partial charge is 0.348 e. The Morgan fingerprint density at radius 1 is 1.26 bits per heavy atom. The van der Waals surface area contributed by atoms with Crippen molar-refractivity contribution in [3.05, 3.63) is 47.7 Å². The minimum Gasteiger partial charge on any atom is -0.348 e. The SMILES string of the molecule is C=C1NC(=O)N[C@@H](c2ccccc2C(F)(F)F)[C@@H]1C(=O)N(C)C. The Kier molecular flexibility index (Phi) is 4.35. The Morgan fingerprint density at radius 2 is 1.87 bits per heavy atom. The summed E-state index contributed by atoms with van der Waals surface area (Å²) < 4.78 is 39.7. The minimum absolute atomic E-state index is 0.0643. The lowest BCUT2D eigenvalue weighted by Crippen LogP contribution is -2.53. The van der Waals surface area contributed by atoms with E-state index in [4.69, 9.17) is 0 Å². The standard InChI is InChI=1S/C15H16F3N3O2/c1-8-11(13(22)21(2)3)12(20-14(23)19-8)9-6-4-5-7-10(9)15(16,17)18/h4-7,11-12H,1H2,2-3H3,(H2,19,20,23)/t11-,12+/m1/s1. The summed E-state index contributed by atoms with van der Waals surface area (Å²) in [6.45, 7) is 3.62. The molecule has 0 bridgehead atoms. The van der Waals surface area contributed by atoms with Crippen molar-refractivity contribution in [3.8, 4) is 0 Å². The van der Waals surface area contributed by atoms with Crippen LogP contribution in [-0.4, -0.2) is 30.9 Å². The fourth-order valence-electron chi connectivity index (χ4n) is 2.54. The predicted molar refractivity (Wildman–Crippen MR) is 77.2 cm³/mol. The molecule has 1 aromatic rings. The van der Waals surface area contributed by atoms with Crippen LogP contribution in [-0.2, 0) is 11.0 Å². The summed E-state index contributed by atoms with van der Waals surface area (Å²) >= 11 is 0. The molecule has 2 rings (SSSR count). The van der Waals surface area contributed by atoms with Gasteiger partial charge in [0.2, 0.25) is 5.91 Å². The second kappa shape index (κ2) is 5.94. The number of carbonyl (C=O) groups is 2. The van der Waals surface area contributed by atoms with Crippen molar-refractivity contribution in [2.24, 2.45) is 5.92 Å². The molecule has 0 radical (unpaired) electrons. The third-order valence-electron chi connectivity index (χ3n) is 3.58. The molecule has 2 N–H and O–H groups in total. The predicted octanol–water partition coefficient (Wildman–Crippen LogP) is 2.28. The molecule has 0 aromatic heterocycles. The molecular formula is C15H16F3N3O2. The van der Waals surface area contributed by atoms with Crippen molar-refractivity contribution in [1.29, 1.82) is 0 Å². The van der Waals surface area contributed by atoms with Gasteiger partial charge in [-0.25, -0.2) is 4.79 Å². The molecule has 3 amide bonds. The fourth-order valence-corrected chi connectivity index (χ4v) is 2.54. The summed E-state index contributed by atoms with van der Waals surface area (Å²) in [5.74, 6) is -1.49. The zero-order valence-electron chi connectivity index (χ0n) is 12.6. The van der Waals surface area contributed by atoms with Crippen molar-refractivity contribution in [2.75, 3.05) is 14.1 Å². The van der Waals surface area contributed by atoms with E-state index < -0.39 is 35.6 Å². The topological polar surface area (TPSA) is 61.4 Å². The van der Waals surface area contributed by atoms with E-state index in [2.05, 4.69) is 17.2 Å². The number of rotatable bonds is 2. The molecule has 0 aliphatic carbocycles. The summed E-state index contributed by atoms with van der Waals surface area (Å²) in [7, 11) is 2.97. The molecule has 5 nitrogen and oxygen atoms in total. The lowest BCUT2D eigenvalue weighted by atomic mass is 9.85. The van der Waals surface area contributed by atoms with Crippen LogP contribution in [0, 0.1) is 5.92 Å². The zero-order valence-corrected chi connectivity index (χ0v) is 12.6. The van der Waals surface area contributed by atoms with Crippen LogP contribution in [0.4, 0.5) is 18.0 Å². The van der Waals surface area contributed by atoms with Crippen molar-refractivity contribution in [2.45, 2.75) is 12.2 Å². The first kappa shape index (κ1) is 16.9. The average Bonchev–Trinajstić information content (AvgIpc) is 2.44. The number of hydrogen-bond acceptors (Lipinski definition) is 2. The Labute approximate surface area is 131 Å². The highest BCUT2D eigenvalue weighted by molar-refractivity contribution is 5.88. The van der Waals surface area contributed by atoms with Gasteiger partial charge in [0.15, 0.2) is 0 Å². The Morgan fingerprint density at radius 3 is 2.43 bits per heavy atom. The van der Waals surface area contributed by atoms with Gasteiger partial charge in [0.25, 0.3) is 0 Å². The van der Waals surface area contributed by atoms with E-state index in [1.807, 2.05) is 0 Å². The maximum atomic E-state index is 13.2. The van der Waals surface area contributed by atoms with E-state index in [9.17, 15) is 22.8 Å². The van der Waals surface area contributed by atoms with Crippen LogP contribution in [0.2, 0.25) is 0 Å². The van der Waals surface area contributed by atoms with Crippen molar-refractivity contribution in [1.82, 2.24) is 15.5 Å². The fraction of sp³-hybridized carbons (Fsp3) is 0.333. The highest BCUT2D eigenvalue weighted by Gasteiger charge is 2.43. The van der Waals surface area contributed by atoms with Gasteiger partial charge in [0.05, 0.1) is 11.6 Å². The first-order chi connectivity index (χ1) is 10.6. The molecule has 1 heterocycles. The second-order valence-electron chi connectivity index (χ2n) is 5.40. The van der Waals surface area contributed by atoms with E-state index in [0.29, 0.717) is 0 Å². The number of urea groups is 1. The molecule has 1 saturated heterocycles. The van der Waals surface area contributed by atoms with Gasteiger partial charge in [0, 0.05) is 19.8 Å². The Hall–Kier alpha value is -2.51. The number of alkyl halides is 3. The number of nitrogens with zero attached hydrogens (tertiary/aromatic N) is 1. The van der Waals surface area contributed by atoms with Crippen LogP contribution in [0.5, 0.6) is 0 Å². The molecule has 0 spiro atoms. The monoisotopic (exact) mass is 327 g/mol. The highest BCUT2D eigenvalue weighted by Crippen LogP contribution is 2.39. The van der Waals surface area contributed by atoms with Gasteiger partial charge in [-0.3, -0.25) is 4.79 Å². The van der Waals surface area contributed by atoms with Crippen LogP contribution in [0.3, 0.4) is 0 Å². The van der Waals surface area contributed by atoms with Crippen LogP contribution in [0.25, 0.3) is 0 Å². The van der Waals surface area contributed by atoms with Gasteiger partial charge in [-0.05, 0) is 11.6 Å². The van der Waals surface area contributed by atoms with E-state index >= 15 is 0 Å². The minimum atomic E-state index is -4.60. The second-order valence-corrected chi connectivity index (χ2v) is 5.40. The molecule has 0 unspecified atom stereocenters. The molecule has 124 valence electrons. The van der Waals surface area contributed by atoms with Crippen molar-refractivity contribution in [3.63, 3.8) is 0 Å². The van der Waals surface area contributed by atoms with E-state index in [1.165, 1.54) is 37.2 Å².